The maximum atomic E-state index is 12.2. The molecule has 0 N–H and O–H groups in total. The Hall–Kier alpha value is -2.29. The topological polar surface area (TPSA) is 29.5 Å². The molecule has 0 saturated carbocycles. The van der Waals surface area contributed by atoms with Crippen molar-refractivity contribution in [1.29, 1.82) is 0 Å². The number of hydrogen-bond acceptors (Lipinski definition) is 2. The van der Waals surface area contributed by atoms with Crippen molar-refractivity contribution in [2.45, 2.75) is 18.9 Å². The summed E-state index contributed by atoms with van der Waals surface area (Å²) in [5, 5.41) is 0. The molecule has 0 aromatic heterocycles. The summed E-state index contributed by atoms with van der Waals surface area (Å²) >= 11 is 0. The zero-order chi connectivity index (χ0) is 14.7. The van der Waals surface area contributed by atoms with Gasteiger partial charge in [-0.15, -0.1) is 0 Å². The molecular formula is C18H19NO2. The monoisotopic (exact) mass is 281 g/mol. The lowest BCUT2D eigenvalue weighted by atomic mass is 9.99. The van der Waals surface area contributed by atoms with Gasteiger partial charge in [-0.05, 0) is 23.3 Å². The molecule has 1 heterocycles. The quantitative estimate of drug-likeness (QED) is 0.861. The Morgan fingerprint density at radius 1 is 1.10 bits per heavy atom. The molecule has 0 spiro atoms. The normalized spacial score (nSPS) is 18.0. The number of nitrogens with zero attached hydrogens (tertiary/aromatic N) is 1. The fourth-order valence-corrected chi connectivity index (χ4v) is 2.82. The number of benzene rings is 2. The molecule has 2 aromatic carbocycles. The van der Waals surface area contributed by atoms with E-state index in [9.17, 15) is 4.79 Å². The Bertz CT molecular complexity index is 607. The van der Waals surface area contributed by atoms with E-state index in [2.05, 4.69) is 12.1 Å². The van der Waals surface area contributed by atoms with E-state index in [1.807, 2.05) is 47.4 Å². The molecule has 1 unspecified atom stereocenters. The van der Waals surface area contributed by atoms with Crippen LogP contribution in [-0.4, -0.2) is 24.5 Å². The second kappa shape index (κ2) is 6.00. The Morgan fingerprint density at radius 2 is 1.81 bits per heavy atom. The fourth-order valence-electron chi connectivity index (χ4n) is 2.82. The number of ether oxygens (including phenoxy) is 1. The van der Waals surface area contributed by atoms with Crippen molar-refractivity contribution in [3.8, 4) is 5.75 Å². The number of carbonyl (C=O) groups excluding carboxylic acids is 1. The number of carbonyl (C=O) groups is 1. The third-order valence-electron chi connectivity index (χ3n) is 4.02. The van der Waals surface area contributed by atoms with Crippen LogP contribution in [0.1, 0.15) is 23.5 Å². The zero-order valence-corrected chi connectivity index (χ0v) is 12.2. The van der Waals surface area contributed by atoms with Gasteiger partial charge in [0.1, 0.15) is 5.75 Å². The average molecular weight is 281 g/mol. The van der Waals surface area contributed by atoms with Crippen LogP contribution in [0.15, 0.2) is 54.6 Å². The third kappa shape index (κ3) is 3.07. The second-order valence-electron chi connectivity index (χ2n) is 5.43. The van der Waals surface area contributed by atoms with E-state index < -0.39 is 0 Å². The molecule has 1 fully saturated rings. The molecule has 3 heteroatoms. The van der Waals surface area contributed by atoms with Crippen molar-refractivity contribution in [3.63, 3.8) is 0 Å². The maximum Gasteiger partial charge on any atom is 0.223 e. The van der Waals surface area contributed by atoms with Gasteiger partial charge in [0.2, 0.25) is 5.91 Å². The lowest BCUT2D eigenvalue weighted by Gasteiger charge is -2.17. The van der Waals surface area contributed by atoms with Crippen LogP contribution in [0, 0.1) is 0 Å². The van der Waals surface area contributed by atoms with Gasteiger partial charge in [-0.25, -0.2) is 0 Å². The third-order valence-corrected chi connectivity index (χ3v) is 4.02. The maximum absolute atomic E-state index is 12.2. The lowest BCUT2D eigenvalue weighted by molar-refractivity contribution is -0.128. The smallest absolute Gasteiger partial charge is 0.223 e. The van der Waals surface area contributed by atoms with E-state index in [4.69, 9.17) is 4.74 Å². The van der Waals surface area contributed by atoms with Crippen molar-refractivity contribution in [3.05, 3.63) is 65.7 Å². The fraction of sp³-hybridized carbons (Fsp3) is 0.278. The highest BCUT2D eigenvalue weighted by atomic mass is 16.5. The minimum Gasteiger partial charge on any atom is -0.497 e. The van der Waals surface area contributed by atoms with Crippen LogP contribution in [0.2, 0.25) is 0 Å². The molecule has 1 amide bonds. The van der Waals surface area contributed by atoms with Crippen LogP contribution < -0.4 is 4.74 Å². The highest BCUT2D eigenvalue weighted by molar-refractivity contribution is 5.79. The van der Waals surface area contributed by atoms with Gasteiger partial charge < -0.3 is 9.64 Å². The van der Waals surface area contributed by atoms with Gasteiger partial charge >= 0.3 is 0 Å². The molecule has 3 nitrogen and oxygen atoms in total. The number of amides is 1. The molecule has 3 rings (SSSR count). The van der Waals surface area contributed by atoms with Crippen molar-refractivity contribution >= 4 is 5.91 Å². The van der Waals surface area contributed by atoms with Gasteiger partial charge in [0.05, 0.1) is 7.11 Å². The minimum atomic E-state index is 0.236. The SMILES string of the molecule is COc1ccc(CN2CC(c3ccccc3)CC2=O)cc1. The van der Waals surface area contributed by atoms with Crippen LogP contribution in [0.4, 0.5) is 0 Å². The van der Waals surface area contributed by atoms with Crippen molar-refractivity contribution in [1.82, 2.24) is 4.90 Å². The summed E-state index contributed by atoms with van der Waals surface area (Å²) in [5.41, 5.74) is 2.39. The number of rotatable bonds is 4. The van der Waals surface area contributed by atoms with Crippen LogP contribution in [0.3, 0.4) is 0 Å². The standard InChI is InChI=1S/C18H19NO2/c1-21-17-9-7-14(8-10-17)12-19-13-16(11-18(19)20)15-5-3-2-4-6-15/h2-10,16H,11-13H2,1H3. The molecule has 21 heavy (non-hydrogen) atoms. The van der Waals surface area contributed by atoms with E-state index in [0.29, 0.717) is 18.9 Å². The van der Waals surface area contributed by atoms with Crippen molar-refractivity contribution in [2.75, 3.05) is 13.7 Å². The summed E-state index contributed by atoms with van der Waals surface area (Å²) in [6.45, 7) is 1.47. The van der Waals surface area contributed by atoms with E-state index in [1.54, 1.807) is 7.11 Å². The number of methoxy groups -OCH3 is 1. The largest absolute Gasteiger partial charge is 0.497 e. The highest BCUT2D eigenvalue weighted by Crippen LogP contribution is 2.29. The Morgan fingerprint density at radius 3 is 2.48 bits per heavy atom. The first-order chi connectivity index (χ1) is 10.3. The summed E-state index contributed by atoms with van der Waals surface area (Å²) < 4.78 is 5.15. The summed E-state index contributed by atoms with van der Waals surface area (Å²) in [4.78, 5) is 14.1. The number of likely N-dealkylation sites (tertiary alicyclic amines) is 1. The predicted octanol–water partition coefficient (Wildman–Crippen LogP) is 3.21. The van der Waals surface area contributed by atoms with Gasteiger partial charge in [-0.2, -0.15) is 0 Å². The van der Waals surface area contributed by atoms with Gasteiger partial charge in [-0.3, -0.25) is 4.79 Å². The Balaban J connectivity index is 1.67. The predicted molar refractivity (Wildman–Crippen MR) is 82.2 cm³/mol. The van der Waals surface area contributed by atoms with Crippen LogP contribution in [0.25, 0.3) is 0 Å². The first-order valence-electron chi connectivity index (χ1n) is 7.22. The first kappa shape index (κ1) is 13.7. The second-order valence-corrected chi connectivity index (χ2v) is 5.43. The van der Waals surface area contributed by atoms with Gasteiger partial charge in [0, 0.05) is 25.4 Å². The molecule has 108 valence electrons. The van der Waals surface area contributed by atoms with Crippen molar-refractivity contribution in [2.24, 2.45) is 0 Å². The lowest BCUT2D eigenvalue weighted by Crippen LogP contribution is -2.24. The summed E-state index contributed by atoms with van der Waals surface area (Å²) in [5.74, 6) is 1.39. The molecule has 1 saturated heterocycles. The first-order valence-corrected chi connectivity index (χ1v) is 7.22. The van der Waals surface area contributed by atoms with Crippen molar-refractivity contribution < 1.29 is 9.53 Å². The molecule has 0 radical (unpaired) electrons. The summed E-state index contributed by atoms with van der Waals surface area (Å²) in [6.07, 6.45) is 0.611. The van der Waals surface area contributed by atoms with Crippen LogP contribution in [-0.2, 0) is 11.3 Å². The van der Waals surface area contributed by atoms with E-state index in [0.717, 1.165) is 17.9 Å². The molecule has 1 atom stereocenters. The van der Waals surface area contributed by atoms with Crippen LogP contribution >= 0.6 is 0 Å². The van der Waals surface area contributed by atoms with E-state index in [1.165, 1.54) is 5.56 Å². The highest BCUT2D eigenvalue weighted by Gasteiger charge is 2.30. The molecular weight excluding hydrogens is 262 g/mol. The van der Waals surface area contributed by atoms with Gasteiger partial charge in [0.25, 0.3) is 0 Å². The molecule has 0 bridgehead atoms. The van der Waals surface area contributed by atoms with Crippen LogP contribution in [0.5, 0.6) is 5.75 Å². The molecule has 1 aliphatic heterocycles. The Kier molecular flexibility index (Phi) is 3.91. The van der Waals surface area contributed by atoms with Gasteiger partial charge in [-0.1, -0.05) is 42.5 Å². The molecule has 0 aliphatic carbocycles. The van der Waals surface area contributed by atoms with E-state index >= 15 is 0 Å². The minimum absolute atomic E-state index is 0.236. The van der Waals surface area contributed by atoms with E-state index in [-0.39, 0.29) is 5.91 Å². The molecule has 1 aliphatic rings. The number of hydrogen-bond donors (Lipinski definition) is 0. The average Bonchev–Trinajstić information content (AvgIpc) is 2.90. The molecule has 2 aromatic rings. The summed E-state index contributed by atoms with van der Waals surface area (Å²) in [6, 6.07) is 18.2. The zero-order valence-electron chi connectivity index (χ0n) is 12.2. The Labute approximate surface area is 125 Å². The summed E-state index contributed by atoms with van der Waals surface area (Å²) in [7, 11) is 1.66. The van der Waals surface area contributed by atoms with Gasteiger partial charge in [0.15, 0.2) is 0 Å².